The average Bonchev–Trinajstić information content (AvgIpc) is 3.01. The highest BCUT2D eigenvalue weighted by Gasteiger charge is 2.15. The van der Waals surface area contributed by atoms with E-state index < -0.39 is 5.97 Å². The molecule has 3 aromatic heterocycles. The Hall–Kier alpha value is -2.90. The summed E-state index contributed by atoms with van der Waals surface area (Å²) in [5.74, 6) is 0.143. The first kappa shape index (κ1) is 14.1. The zero-order valence-corrected chi connectivity index (χ0v) is 12.4. The van der Waals surface area contributed by atoms with Gasteiger partial charge in [-0.15, -0.1) is 5.10 Å². The predicted molar refractivity (Wildman–Crippen MR) is 75.9 cm³/mol. The van der Waals surface area contributed by atoms with E-state index in [1.807, 2.05) is 6.92 Å². The van der Waals surface area contributed by atoms with Crippen molar-refractivity contribution in [2.75, 3.05) is 7.11 Å². The lowest BCUT2D eigenvalue weighted by molar-refractivity contribution is 0.0600. The summed E-state index contributed by atoms with van der Waals surface area (Å²) in [6.45, 7) is 3.85. The maximum absolute atomic E-state index is 12.4. The van der Waals surface area contributed by atoms with Crippen molar-refractivity contribution in [3.05, 3.63) is 51.4 Å². The number of hydrogen-bond donors (Lipinski definition) is 0. The molecule has 0 N–H and O–H groups in total. The molecule has 0 bridgehead atoms. The van der Waals surface area contributed by atoms with Crippen molar-refractivity contribution >= 4 is 11.6 Å². The second-order valence-electron chi connectivity index (χ2n) is 4.88. The molecular weight excluding hydrogens is 288 g/mol. The standard InChI is InChI=1S/C14H14N4O4/c1-8-11(9(2)22-16-8)7-18-14(20)17-6-10(13(19)21-3)4-5-12(17)15-18/h4-6H,7H2,1-3H3. The number of fused-ring (bicyclic) bond motifs is 1. The van der Waals surface area contributed by atoms with Crippen LogP contribution in [-0.4, -0.2) is 32.4 Å². The van der Waals surface area contributed by atoms with Crippen LogP contribution in [0.15, 0.2) is 27.6 Å². The molecule has 0 aliphatic rings. The monoisotopic (exact) mass is 302 g/mol. The number of nitrogens with zero attached hydrogens (tertiary/aromatic N) is 4. The van der Waals surface area contributed by atoms with Crippen molar-refractivity contribution in [2.24, 2.45) is 0 Å². The van der Waals surface area contributed by atoms with Crippen LogP contribution in [0.2, 0.25) is 0 Å². The Kier molecular flexibility index (Phi) is 3.28. The third-order valence-corrected chi connectivity index (χ3v) is 3.49. The van der Waals surface area contributed by atoms with E-state index in [-0.39, 0.29) is 17.8 Å². The van der Waals surface area contributed by atoms with E-state index in [0.717, 1.165) is 11.3 Å². The van der Waals surface area contributed by atoms with Gasteiger partial charge in [0.25, 0.3) is 0 Å². The van der Waals surface area contributed by atoms with Crippen LogP contribution in [-0.2, 0) is 11.3 Å². The molecule has 0 saturated heterocycles. The van der Waals surface area contributed by atoms with Crippen LogP contribution in [0, 0.1) is 13.8 Å². The normalized spacial score (nSPS) is 11.0. The first-order valence-corrected chi connectivity index (χ1v) is 6.60. The Labute approximate surface area is 124 Å². The van der Waals surface area contributed by atoms with Crippen LogP contribution in [0.1, 0.15) is 27.4 Å². The number of aromatic nitrogens is 4. The Bertz CT molecular complexity index is 899. The maximum atomic E-state index is 12.4. The summed E-state index contributed by atoms with van der Waals surface area (Å²) in [7, 11) is 1.29. The molecular formula is C14H14N4O4. The van der Waals surface area contributed by atoms with Crippen LogP contribution in [0.5, 0.6) is 0 Å². The topological polar surface area (TPSA) is 91.6 Å². The Morgan fingerprint density at radius 2 is 2.14 bits per heavy atom. The van der Waals surface area contributed by atoms with Gasteiger partial charge in [0.1, 0.15) is 5.76 Å². The van der Waals surface area contributed by atoms with E-state index in [2.05, 4.69) is 15.0 Å². The lowest BCUT2D eigenvalue weighted by atomic mass is 10.2. The number of rotatable bonds is 3. The van der Waals surface area contributed by atoms with Crippen molar-refractivity contribution in [1.29, 1.82) is 0 Å². The number of aryl methyl sites for hydroxylation is 2. The maximum Gasteiger partial charge on any atom is 0.350 e. The van der Waals surface area contributed by atoms with Crippen molar-refractivity contribution in [1.82, 2.24) is 19.3 Å². The average molecular weight is 302 g/mol. The van der Waals surface area contributed by atoms with Crippen molar-refractivity contribution < 1.29 is 14.1 Å². The number of ether oxygens (including phenoxy) is 1. The summed E-state index contributed by atoms with van der Waals surface area (Å²) in [6.07, 6.45) is 1.42. The van der Waals surface area contributed by atoms with E-state index >= 15 is 0 Å². The van der Waals surface area contributed by atoms with E-state index in [9.17, 15) is 9.59 Å². The third kappa shape index (κ3) is 2.18. The number of esters is 1. The fraction of sp³-hybridized carbons (Fsp3) is 0.286. The van der Waals surface area contributed by atoms with Gasteiger partial charge < -0.3 is 9.26 Å². The lowest BCUT2D eigenvalue weighted by Crippen LogP contribution is -2.22. The number of carbonyl (C=O) groups excluding carboxylic acids is 1. The van der Waals surface area contributed by atoms with Crippen molar-refractivity contribution in [2.45, 2.75) is 20.4 Å². The molecule has 3 heterocycles. The highest BCUT2D eigenvalue weighted by atomic mass is 16.5. The molecule has 0 fully saturated rings. The van der Waals surface area contributed by atoms with Gasteiger partial charge in [0, 0.05) is 11.8 Å². The number of hydrogen-bond acceptors (Lipinski definition) is 6. The summed E-state index contributed by atoms with van der Waals surface area (Å²) in [4.78, 5) is 23.9. The Morgan fingerprint density at radius 3 is 2.77 bits per heavy atom. The Balaban J connectivity index is 2.07. The smallest absolute Gasteiger partial charge is 0.350 e. The molecule has 0 radical (unpaired) electrons. The molecule has 8 heteroatoms. The highest BCUT2D eigenvalue weighted by Crippen LogP contribution is 2.13. The van der Waals surface area contributed by atoms with Gasteiger partial charge in [0.05, 0.1) is 24.9 Å². The highest BCUT2D eigenvalue weighted by molar-refractivity contribution is 5.89. The summed E-state index contributed by atoms with van der Waals surface area (Å²) in [5.41, 5.74) is 1.93. The minimum atomic E-state index is -0.507. The molecule has 0 amide bonds. The summed E-state index contributed by atoms with van der Waals surface area (Å²) < 4.78 is 12.4. The minimum absolute atomic E-state index is 0.259. The van der Waals surface area contributed by atoms with E-state index in [1.54, 1.807) is 19.1 Å². The van der Waals surface area contributed by atoms with Gasteiger partial charge in [-0.25, -0.2) is 18.7 Å². The van der Waals surface area contributed by atoms with Crippen molar-refractivity contribution in [3.8, 4) is 0 Å². The molecule has 8 nitrogen and oxygen atoms in total. The summed E-state index contributed by atoms with van der Waals surface area (Å²) in [5, 5.41) is 8.10. The van der Waals surface area contributed by atoms with Gasteiger partial charge in [0.2, 0.25) is 0 Å². The molecule has 0 aliphatic carbocycles. The van der Waals surface area contributed by atoms with Gasteiger partial charge in [-0.1, -0.05) is 5.16 Å². The molecule has 3 rings (SSSR count). The molecule has 0 atom stereocenters. The lowest BCUT2D eigenvalue weighted by Gasteiger charge is -1.98. The molecule has 0 aromatic carbocycles. The van der Waals surface area contributed by atoms with E-state index in [1.165, 1.54) is 22.4 Å². The zero-order chi connectivity index (χ0) is 15.9. The molecule has 22 heavy (non-hydrogen) atoms. The second-order valence-corrected chi connectivity index (χ2v) is 4.88. The van der Waals surface area contributed by atoms with Crippen LogP contribution in [0.4, 0.5) is 0 Å². The van der Waals surface area contributed by atoms with Gasteiger partial charge >= 0.3 is 11.7 Å². The molecule has 0 spiro atoms. The van der Waals surface area contributed by atoms with Gasteiger partial charge in [0.15, 0.2) is 5.65 Å². The number of methoxy groups -OCH3 is 1. The van der Waals surface area contributed by atoms with Gasteiger partial charge in [-0.3, -0.25) is 0 Å². The van der Waals surface area contributed by atoms with E-state index in [0.29, 0.717) is 11.4 Å². The largest absolute Gasteiger partial charge is 0.465 e. The predicted octanol–water partition coefficient (Wildman–Crippen LogP) is 0.936. The van der Waals surface area contributed by atoms with Gasteiger partial charge in [-0.2, -0.15) is 0 Å². The van der Waals surface area contributed by atoms with Crippen LogP contribution >= 0.6 is 0 Å². The minimum Gasteiger partial charge on any atom is -0.465 e. The second kappa shape index (κ2) is 5.14. The first-order valence-electron chi connectivity index (χ1n) is 6.60. The summed E-state index contributed by atoms with van der Waals surface area (Å²) >= 11 is 0. The fourth-order valence-corrected chi connectivity index (χ4v) is 2.24. The SMILES string of the molecule is COC(=O)c1ccc2nn(Cc3c(C)noc3C)c(=O)n2c1. The molecule has 0 aliphatic heterocycles. The summed E-state index contributed by atoms with van der Waals surface area (Å²) in [6, 6.07) is 3.16. The van der Waals surface area contributed by atoms with Crippen LogP contribution in [0.3, 0.4) is 0 Å². The quantitative estimate of drug-likeness (QED) is 0.668. The third-order valence-electron chi connectivity index (χ3n) is 3.49. The van der Waals surface area contributed by atoms with Crippen molar-refractivity contribution in [3.63, 3.8) is 0 Å². The zero-order valence-electron chi connectivity index (χ0n) is 12.4. The van der Waals surface area contributed by atoms with E-state index in [4.69, 9.17) is 4.52 Å². The number of carbonyl (C=O) groups is 1. The Morgan fingerprint density at radius 1 is 1.36 bits per heavy atom. The molecule has 114 valence electrons. The fourth-order valence-electron chi connectivity index (χ4n) is 2.24. The molecule has 3 aromatic rings. The molecule has 0 unspecified atom stereocenters. The molecule has 0 saturated carbocycles. The first-order chi connectivity index (χ1) is 10.5. The van der Waals surface area contributed by atoms with Gasteiger partial charge in [-0.05, 0) is 26.0 Å². The number of pyridine rings is 1. The van der Waals surface area contributed by atoms with Crippen LogP contribution in [0.25, 0.3) is 5.65 Å². The van der Waals surface area contributed by atoms with Crippen LogP contribution < -0.4 is 5.69 Å².